The van der Waals surface area contributed by atoms with Crippen LogP contribution in [0, 0.1) is 22.7 Å². The predicted molar refractivity (Wildman–Crippen MR) is 225 cm³/mol. The molecule has 0 aliphatic carbocycles. The van der Waals surface area contributed by atoms with Crippen molar-refractivity contribution in [3.63, 3.8) is 0 Å². The molecule has 15 nitrogen and oxygen atoms in total. The quantitative estimate of drug-likeness (QED) is 0.131. The van der Waals surface area contributed by atoms with Gasteiger partial charge in [-0.05, 0) is 83.2 Å². The highest BCUT2D eigenvalue weighted by molar-refractivity contribution is 5.94. The molecule has 4 rings (SSSR count). The van der Waals surface area contributed by atoms with E-state index in [4.69, 9.17) is 15.3 Å². The van der Waals surface area contributed by atoms with E-state index < -0.39 is 17.7 Å². The summed E-state index contributed by atoms with van der Waals surface area (Å²) in [5.74, 6) is 0.218. The molecule has 0 aromatic heterocycles. The lowest BCUT2D eigenvalue weighted by Crippen LogP contribution is -2.47. The number of anilines is 1. The van der Waals surface area contributed by atoms with Crippen LogP contribution in [-0.2, 0) is 15.3 Å². The molecular weight excluding hydrogens is 792 g/mol. The summed E-state index contributed by atoms with van der Waals surface area (Å²) in [6.07, 6.45) is -0.535. The zero-order chi connectivity index (χ0) is 44.3. The molecule has 18 heteroatoms. The Labute approximate surface area is 357 Å². The van der Waals surface area contributed by atoms with Crippen LogP contribution < -0.4 is 15.0 Å². The number of para-hydroxylation sites is 2. The Morgan fingerprint density at radius 3 is 2.07 bits per heavy atom. The second-order valence-corrected chi connectivity index (χ2v) is 15.5. The molecule has 2 aliphatic heterocycles. The number of ether oxygens (including phenoxy) is 1. The number of hydrogen-bond donors (Lipinski definition) is 1. The molecule has 0 radical (unpaired) electrons. The van der Waals surface area contributed by atoms with Crippen molar-refractivity contribution in [3.8, 4) is 17.9 Å². The molecular formula is C43H60F3N11O4. The number of likely N-dealkylation sites (N-methyl/N-ethyl adjacent to an activating group) is 2. The second-order valence-electron chi connectivity index (χ2n) is 15.5. The van der Waals surface area contributed by atoms with Gasteiger partial charge in [0.2, 0.25) is 11.8 Å². The molecule has 0 unspecified atom stereocenters. The van der Waals surface area contributed by atoms with Crippen molar-refractivity contribution in [3.05, 3.63) is 59.7 Å². The summed E-state index contributed by atoms with van der Waals surface area (Å²) in [6.45, 7) is 8.15. The number of hydrogen-bond acceptors (Lipinski definition) is 12. The number of nitrogens with zero attached hydrogens (tertiary/aromatic N) is 10. The summed E-state index contributed by atoms with van der Waals surface area (Å²) in [5.41, 5.74) is -1.47. The van der Waals surface area contributed by atoms with Crippen LogP contribution in [0.2, 0.25) is 0 Å². The van der Waals surface area contributed by atoms with Gasteiger partial charge in [0.25, 0.3) is 5.91 Å². The van der Waals surface area contributed by atoms with Gasteiger partial charge in [0, 0.05) is 96.3 Å². The van der Waals surface area contributed by atoms with Crippen molar-refractivity contribution in [1.82, 2.24) is 29.8 Å². The number of piperazine rings is 1. The third-order valence-electron chi connectivity index (χ3n) is 11.0. The fourth-order valence-electron chi connectivity index (χ4n) is 7.26. The molecule has 1 N–H and O–H groups in total. The van der Waals surface area contributed by atoms with Crippen LogP contribution in [-0.4, -0.2) is 161 Å². The second kappa shape index (κ2) is 24.2. The van der Waals surface area contributed by atoms with Gasteiger partial charge in [0.15, 0.2) is 0 Å². The Hall–Kier alpha value is -5.30. The lowest BCUT2D eigenvalue weighted by molar-refractivity contribution is -0.166. The number of nitrogens with one attached hydrogen (secondary N) is 1. The van der Waals surface area contributed by atoms with Crippen molar-refractivity contribution < 1.29 is 32.3 Å². The Kier molecular flexibility index (Phi) is 19.2. The number of alkyl halides is 3. The van der Waals surface area contributed by atoms with Crippen LogP contribution in [0.25, 0.3) is 0 Å². The Morgan fingerprint density at radius 2 is 1.46 bits per heavy atom. The molecule has 332 valence electrons. The number of methoxy groups -OCH3 is 1. The summed E-state index contributed by atoms with van der Waals surface area (Å²) < 4.78 is 46.0. The number of carbonyl (C=O) groups is 3. The lowest BCUT2D eigenvalue weighted by Gasteiger charge is -2.36. The van der Waals surface area contributed by atoms with Crippen LogP contribution >= 0.6 is 0 Å². The maximum Gasteiger partial charge on any atom is 0.442 e. The highest BCUT2D eigenvalue weighted by Gasteiger charge is 2.65. The fourth-order valence-corrected chi connectivity index (χ4v) is 7.26. The van der Waals surface area contributed by atoms with Crippen LogP contribution in [0.3, 0.4) is 0 Å². The Balaban J connectivity index is 1.27. The number of nitriles is 2. The monoisotopic (exact) mass is 851 g/mol. The maximum absolute atomic E-state index is 13.7. The standard InChI is InChI=1S/C43H60F3N11O4/c1-52(34-39(58)49-21-11-25-54(22-8-6-19-47)23-9-7-20-48)26-30-57(31-27-53(2)41(60)35-15-17-36(18-16-35)42(50-51-42)43(44,45)46)40(59)14-10-24-55-28-32-56(33-29-55)37-12-4-5-13-38(37)61-3/h4-5,12-13,15-18H,6-11,14,21-34H2,1-3H3,(H,49,58). The fraction of sp³-hybridized carbons (Fsp3) is 0.605. The first-order valence-electron chi connectivity index (χ1n) is 21.0. The van der Waals surface area contributed by atoms with Crippen LogP contribution in [0.15, 0.2) is 58.8 Å². The zero-order valence-corrected chi connectivity index (χ0v) is 35.7. The van der Waals surface area contributed by atoms with E-state index in [-0.39, 0.29) is 42.6 Å². The molecule has 2 aromatic carbocycles. The minimum atomic E-state index is -4.67. The van der Waals surface area contributed by atoms with Crippen LogP contribution in [0.1, 0.15) is 60.9 Å². The smallest absolute Gasteiger partial charge is 0.442 e. The molecule has 2 aliphatic rings. The summed E-state index contributed by atoms with van der Waals surface area (Å²) >= 11 is 0. The van der Waals surface area contributed by atoms with Crippen LogP contribution in [0.5, 0.6) is 5.75 Å². The highest BCUT2D eigenvalue weighted by Crippen LogP contribution is 2.52. The number of amides is 3. The summed E-state index contributed by atoms with van der Waals surface area (Å²) in [6, 6.07) is 17.4. The van der Waals surface area contributed by atoms with Crippen molar-refractivity contribution in [2.24, 2.45) is 10.2 Å². The highest BCUT2D eigenvalue weighted by atomic mass is 19.4. The average molecular weight is 852 g/mol. The molecule has 1 saturated heterocycles. The first-order valence-corrected chi connectivity index (χ1v) is 21.0. The first-order chi connectivity index (χ1) is 29.3. The summed E-state index contributed by atoms with van der Waals surface area (Å²) in [4.78, 5) is 51.7. The molecule has 2 aromatic rings. The third-order valence-corrected chi connectivity index (χ3v) is 11.0. The first kappa shape index (κ1) is 48.4. The van der Waals surface area contributed by atoms with Gasteiger partial charge in [0.05, 0.1) is 31.5 Å². The van der Waals surface area contributed by atoms with E-state index in [1.807, 2.05) is 30.1 Å². The van der Waals surface area contributed by atoms with Crippen molar-refractivity contribution in [1.29, 1.82) is 10.5 Å². The molecule has 1 fully saturated rings. The molecule has 3 amide bonds. The molecule has 0 spiro atoms. The van der Waals surface area contributed by atoms with Crippen molar-refractivity contribution >= 4 is 23.4 Å². The van der Waals surface area contributed by atoms with Gasteiger partial charge < -0.3 is 29.7 Å². The van der Waals surface area contributed by atoms with Gasteiger partial charge in [-0.2, -0.15) is 23.7 Å². The van der Waals surface area contributed by atoms with Gasteiger partial charge in [-0.1, -0.05) is 24.3 Å². The van der Waals surface area contributed by atoms with Gasteiger partial charge in [-0.25, -0.2) is 0 Å². The van der Waals surface area contributed by atoms with E-state index >= 15 is 0 Å². The number of rotatable bonds is 26. The van der Waals surface area contributed by atoms with Crippen LogP contribution in [0.4, 0.5) is 18.9 Å². The van der Waals surface area contributed by atoms with Gasteiger partial charge in [0.1, 0.15) is 5.75 Å². The van der Waals surface area contributed by atoms with Gasteiger partial charge >= 0.3 is 11.8 Å². The van der Waals surface area contributed by atoms with Gasteiger partial charge in [-0.15, -0.1) is 10.2 Å². The zero-order valence-electron chi connectivity index (χ0n) is 35.7. The van der Waals surface area contributed by atoms with E-state index in [2.05, 4.69) is 48.4 Å². The molecule has 61 heavy (non-hydrogen) atoms. The number of carbonyl (C=O) groups excluding carboxylic acids is 3. The molecule has 0 saturated carbocycles. The number of unbranched alkanes of at least 4 members (excludes halogenated alkanes) is 2. The van der Waals surface area contributed by atoms with Crippen molar-refractivity contribution in [2.75, 3.05) is 118 Å². The summed E-state index contributed by atoms with van der Waals surface area (Å²) in [7, 11) is 5.06. The minimum Gasteiger partial charge on any atom is -0.495 e. The van der Waals surface area contributed by atoms with E-state index in [9.17, 15) is 27.6 Å². The third kappa shape index (κ3) is 15.0. The number of benzene rings is 2. The van der Waals surface area contributed by atoms with E-state index in [0.717, 1.165) is 83.1 Å². The molecule has 0 atom stereocenters. The number of halogens is 3. The van der Waals surface area contributed by atoms with E-state index in [1.54, 1.807) is 19.1 Å². The Bertz CT molecular complexity index is 1800. The lowest BCUT2D eigenvalue weighted by atomic mass is 10.0. The van der Waals surface area contributed by atoms with Gasteiger partial charge in [-0.3, -0.25) is 24.2 Å². The molecule has 2 heterocycles. The predicted octanol–water partition coefficient (Wildman–Crippen LogP) is 4.73. The topological polar surface area (TPSA) is 164 Å². The average Bonchev–Trinajstić information content (AvgIpc) is 4.08. The van der Waals surface area contributed by atoms with E-state index in [1.165, 1.54) is 29.2 Å². The van der Waals surface area contributed by atoms with E-state index in [0.29, 0.717) is 45.3 Å². The SMILES string of the molecule is COc1ccccc1N1CCN(CCCC(=O)N(CCN(C)CC(=O)NCCCN(CCCC#N)CCCC#N)CCN(C)C(=O)c2ccc(C3(C(F)(F)F)N=N3)cc2)CC1. The largest absolute Gasteiger partial charge is 0.495 e. The maximum atomic E-state index is 13.7. The minimum absolute atomic E-state index is 0.0702. The molecule has 0 bridgehead atoms. The normalized spacial score (nSPS) is 14.7. The Morgan fingerprint density at radius 1 is 0.836 bits per heavy atom. The van der Waals surface area contributed by atoms with Crippen molar-refractivity contribution in [2.45, 2.75) is 56.8 Å². The summed E-state index contributed by atoms with van der Waals surface area (Å²) in [5, 5.41) is 27.2.